The van der Waals surface area contributed by atoms with E-state index in [1.807, 2.05) is 0 Å². The summed E-state index contributed by atoms with van der Waals surface area (Å²) in [5, 5.41) is 5.63. The first kappa shape index (κ1) is 19.4. The zero-order valence-corrected chi connectivity index (χ0v) is 15.6. The number of carbonyl (C=O) groups excluding carboxylic acids is 2. The van der Waals surface area contributed by atoms with Crippen LogP contribution in [0.5, 0.6) is 5.75 Å². The molecule has 0 unspecified atom stereocenters. The summed E-state index contributed by atoms with van der Waals surface area (Å²) in [5.41, 5.74) is 0.935. The predicted octanol–water partition coefficient (Wildman–Crippen LogP) is 4.99. The number of ether oxygens (including phenoxy) is 1. The number of benzene rings is 3. The third-order valence-corrected chi connectivity index (χ3v) is 4.15. The van der Waals surface area contributed by atoms with Crippen LogP contribution in [-0.2, 0) is 0 Å². The molecule has 5 nitrogen and oxygen atoms in total. The Kier molecular flexibility index (Phi) is 5.91. The van der Waals surface area contributed by atoms with Crippen molar-refractivity contribution in [2.75, 3.05) is 17.7 Å². The summed E-state index contributed by atoms with van der Waals surface area (Å²) in [6, 6.07) is 16.8. The van der Waals surface area contributed by atoms with Gasteiger partial charge in [-0.05, 0) is 48.5 Å². The molecule has 0 aliphatic heterocycles. The molecule has 2 amide bonds. The van der Waals surface area contributed by atoms with E-state index >= 15 is 0 Å². The summed E-state index contributed by atoms with van der Waals surface area (Å²) in [4.78, 5) is 25.0. The monoisotopic (exact) mass is 398 g/mol. The molecule has 0 spiro atoms. The van der Waals surface area contributed by atoms with E-state index in [9.17, 15) is 14.0 Å². The molecule has 0 aromatic heterocycles. The van der Waals surface area contributed by atoms with E-state index in [0.717, 1.165) is 0 Å². The van der Waals surface area contributed by atoms with Crippen molar-refractivity contribution in [2.45, 2.75) is 0 Å². The zero-order chi connectivity index (χ0) is 20.1. The lowest BCUT2D eigenvalue weighted by Crippen LogP contribution is -2.16. The van der Waals surface area contributed by atoms with Gasteiger partial charge in [0.2, 0.25) is 0 Å². The van der Waals surface area contributed by atoms with E-state index in [1.165, 1.54) is 37.4 Å². The second-order valence-electron chi connectivity index (χ2n) is 5.81. The maximum Gasteiger partial charge on any atom is 0.255 e. The van der Waals surface area contributed by atoms with Crippen LogP contribution in [0.4, 0.5) is 15.8 Å². The maximum atomic E-state index is 13.7. The second-order valence-corrected chi connectivity index (χ2v) is 6.25. The van der Waals surface area contributed by atoms with Crippen LogP contribution < -0.4 is 15.4 Å². The van der Waals surface area contributed by atoms with Gasteiger partial charge < -0.3 is 15.4 Å². The predicted molar refractivity (Wildman–Crippen MR) is 107 cm³/mol. The molecule has 3 rings (SSSR count). The van der Waals surface area contributed by atoms with Crippen LogP contribution in [0.3, 0.4) is 0 Å². The normalized spacial score (nSPS) is 10.2. The number of hydrogen-bond donors (Lipinski definition) is 2. The van der Waals surface area contributed by atoms with E-state index in [4.69, 9.17) is 16.3 Å². The number of halogens is 2. The van der Waals surface area contributed by atoms with Crippen molar-refractivity contribution in [3.8, 4) is 5.75 Å². The van der Waals surface area contributed by atoms with Crippen molar-refractivity contribution < 1.29 is 18.7 Å². The minimum Gasteiger partial charge on any atom is -0.495 e. The van der Waals surface area contributed by atoms with Gasteiger partial charge in [0.1, 0.15) is 11.6 Å². The van der Waals surface area contributed by atoms with E-state index in [-0.39, 0.29) is 16.8 Å². The van der Waals surface area contributed by atoms with Crippen LogP contribution in [0.25, 0.3) is 0 Å². The van der Waals surface area contributed by atoms with Crippen LogP contribution in [0.2, 0.25) is 5.02 Å². The quantitative estimate of drug-likeness (QED) is 0.636. The highest BCUT2D eigenvalue weighted by atomic mass is 35.5. The largest absolute Gasteiger partial charge is 0.495 e. The minimum atomic E-state index is -0.544. The van der Waals surface area contributed by atoms with Gasteiger partial charge in [0, 0.05) is 16.1 Å². The molecule has 28 heavy (non-hydrogen) atoms. The van der Waals surface area contributed by atoms with Crippen molar-refractivity contribution in [1.82, 2.24) is 0 Å². The number of anilines is 2. The first-order valence-electron chi connectivity index (χ1n) is 8.29. The number of nitrogens with one attached hydrogen (secondary N) is 2. The molecule has 142 valence electrons. The smallest absolute Gasteiger partial charge is 0.255 e. The Morgan fingerprint density at radius 1 is 0.857 bits per heavy atom. The van der Waals surface area contributed by atoms with Crippen LogP contribution in [0.1, 0.15) is 20.7 Å². The fourth-order valence-corrected chi connectivity index (χ4v) is 2.70. The average molecular weight is 399 g/mol. The molecule has 0 saturated heterocycles. The number of carbonyl (C=O) groups is 2. The van der Waals surface area contributed by atoms with Gasteiger partial charge in [0.05, 0.1) is 18.5 Å². The lowest BCUT2D eigenvalue weighted by molar-refractivity contribution is 0.102. The number of amides is 2. The highest BCUT2D eigenvalue weighted by Crippen LogP contribution is 2.28. The summed E-state index contributed by atoms with van der Waals surface area (Å²) in [6.45, 7) is 0. The number of methoxy groups -OCH3 is 1. The topological polar surface area (TPSA) is 67.4 Å². The fraction of sp³-hybridized carbons (Fsp3) is 0.0476. The third kappa shape index (κ3) is 4.47. The Hall–Kier alpha value is -3.38. The Labute approximate surface area is 166 Å². The molecule has 0 heterocycles. The molecular formula is C21H16ClFN2O3. The highest BCUT2D eigenvalue weighted by molar-refractivity contribution is 6.31. The molecule has 0 bridgehead atoms. The number of para-hydroxylation sites is 1. The molecule has 0 aliphatic carbocycles. The second kappa shape index (κ2) is 8.54. The van der Waals surface area contributed by atoms with E-state index < -0.39 is 17.6 Å². The van der Waals surface area contributed by atoms with Gasteiger partial charge in [0.15, 0.2) is 0 Å². The Bertz CT molecular complexity index is 1040. The molecule has 0 atom stereocenters. The van der Waals surface area contributed by atoms with Gasteiger partial charge in [-0.15, -0.1) is 0 Å². The van der Waals surface area contributed by atoms with Crippen LogP contribution in [0, 0.1) is 5.82 Å². The summed E-state index contributed by atoms with van der Waals surface area (Å²) in [5.74, 6) is -1.06. The van der Waals surface area contributed by atoms with Gasteiger partial charge in [-0.2, -0.15) is 0 Å². The lowest BCUT2D eigenvalue weighted by Gasteiger charge is -2.11. The Morgan fingerprint density at radius 3 is 2.14 bits per heavy atom. The van der Waals surface area contributed by atoms with Crippen molar-refractivity contribution in [3.05, 3.63) is 88.7 Å². The highest BCUT2D eigenvalue weighted by Gasteiger charge is 2.14. The van der Waals surface area contributed by atoms with Crippen LogP contribution in [0.15, 0.2) is 66.7 Å². The average Bonchev–Trinajstić information content (AvgIpc) is 2.70. The Morgan fingerprint density at radius 2 is 1.50 bits per heavy atom. The van der Waals surface area contributed by atoms with E-state index in [0.29, 0.717) is 16.5 Å². The summed E-state index contributed by atoms with van der Waals surface area (Å²) >= 11 is 5.97. The van der Waals surface area contributed by atoms with Gasteiger partial charge >= 0.3 is 0 Å². The molecule has 0 fully saturated rings. The summed E-state index contributed by atoms with van der Waals surface area (Å²) < 4.78 is 18.9. The van der Waals surface area contributed by atoms with Crippen molar-refractivity contribution >= 4 is 34.8 Å². The molecule has 7 heteroatoms. The first-order chi connectivity index (χ1) is 13.5. The molecule has 2 N–H and O–H groups in total. The van der Waals surface area contributed by atoms with Crippen molar-refractivity contribution in [3.63, 3.8) is 0 Å². The molecule has 0 saturated carbocycles. The van der Waals surface area contributed by atoms with Crippen molar-refractivity contribution in [1.29, 1.82) is 0 Å². The minimum absolute atomic E-state index is 0.0611. The standard InChI is InChI=1S/C21H16ClFN2O3/c1-28-19-10-9-15(22)12-18(19)25-21(27)14-6-4-5-13(11-14)20(26)24-17-8-3-2-7-16(17)23/h2-12H,1H3,(H,24,26)(H,25,27). The Balaban J connectivity index is 1.79. The van der Waals surface area contributed by atoms with Gasteiger partial charge in [-0.25, -0.2) is 4.39 Å². The molecule has 3 aromatic carbocycles. The van der Waals surface area contributed by atoms with Crippen molar-refractivity contribution in [2.24, 2.45) is 0 Å². The maximum absolute atomic E-state index is 13.7. The van der Waals surface area contributed by atoms with E-state index in [2.05, 4.69) is 10.6 Å². The lowest BCUT2D eigenvalue weighted by atomic mass is 10.1. The van der Waals surface area contributed by atoms with E-state index in [1.54, 1.807) is 36.4 Å². The van der Waals surface area contributed by atoms with Crippen LogP contribution in [-0.4, -0.2) is 18.9 Å². The molecule has 0 aliphatic rings. The first-order valence-corrected chi connectivity index (χ1v) is 8.66. The van der Waals surface area contributed by atoms with Crippen LogP contribution >= 0.6 is 11.6 Å². The molecular weight excluding hydrogens is 383 g/mol. The molecule has 0 radical (unpaired) electrons. The van der Waals surface area contributed by atoms with Gasteiger partial charge in [0.25, 0.3) is 11.8 Å². The fourth-order valence-electron chi connectivity index (χ4n) is 2.53. The SMILES string of the molecule is COc1ccc(Cl)cc1NC(=O)c1cccc(C(=O)Nc2ccccc2F)c1. The van der Waals surface area contributed by atoms with Gasteiger partial charge in [-0.1, -0.05) is 29.8 Å². The number of hydrogen-bond acceptors (Lipinski definition) is 3. The summed E-state index contributed by atoms with van der Waals surface area (Å²) in [7, 11) is 1.48. The zero-order valence-electron chi connectivity index (χ0n) is 14.8. The summed E-state index contributed by atoms with van der Waals surface area (Å²) in [6.07, 6.45) is 0. The van der Waals surface area contributed by atoms with Gasteiger partial charge in [-0.3, -0.25) is 9.59 Å². The third-order valence-electron chi connectivity index (χ3n) is 3.92. The molecule has 3 aromatic rings. The number of rotatable bonds is 5.